The van der Waals surface area contributed by atoms with Crippen molar-refractivity contribution in [3.8, 4) is 0 Å². The minimum atomic E-state index is 0. The number of rotatable bonds is 11. The van der Waals surface area contributed by atoms with Crippen LogP contribution in [0, 0.1) is 0 Å². The van der Waals surface area contributed by atoms with E-state index in [0.29, 0.717) is 6.04 Å². The van der Waals surface area contributed by atoms with Gasteiger partial charge in [0.1, 0.15) is 0 Å². The highest BCUT2D eigenvalue weighted by Gasteiger charge is 2.34. The molecule has 0 saturated carbocycles. The van der Waals surface area contributed by atoms with E-state index in [1.807, 2.05) is 0 Å². The molecule has 0 aromatic heterocycles. The van der Waals surface area contributed by atoms with E-state index in [0.717, 1.165) is 64.6 Å². The predicted molar refractivity (Wildman–Crippen MR) is 139 cm³/mol. The first-order valence-corrected chi connectivity index (χ1v) is 11.5. The van der Waals surface area contributed by atoms with Crippen LogP contribution in [-0.2, 0) is 10.2 Å². The number of aliphatic imine (C=N–C) groups is 1. The third-order valence-electron chi connectivity index (χ3n) is 6.11. The van der Waals surface area contributed by atoms with Crippen molar-refractivity contribution in [1.82, 2.24) is 15.5 Å². The van der Waals surface area contributed by atoms with Gasteiger partial charge in [0.15, 0.2) is 5.96 Å². The van der Waals surface area contributed by atoms with E-state index in [1.54, 1.807) is 0 Å². The summed E-state index contributed by atoms with van der Waals surface area (Å²) in [5.74, 6) is 0.935. The van der Waals surface area contributed by atoms with Gasteiger partial charge in [0, 0.05) is 31.2 Å². The van der Waals surface area contributed by atoms with E-state index in [9.17, 15) is 0 Å². The molecule has 1 fully saturated rings. The molecule has 0 radical (unpaired) electrons. The number of nitrogens with one attached hydrogen (secondary N) is 2. The monoisotopic (exact) mass is 530 g/mol. The summed E-state index contributed by atoms with van der Waals surface area (Å²) in [6.07, 6.45) is 4.41. The Bertz CT molecular complexity index is 586. The van der Waals surface area contributed by atoms with Gasteiger partial charge in [-0.05, 0) is 64.7 Å². The number of guanidine groups is 1. The lowest BCUT2D eigenvalue weighted by atomic mass is 9.74. The van der Waals surface area contributed by atoms with Gasteiger partial charge < -0.3 is 20.3 Å². The fourth-order valence-corrected chi connectivity index (χ4v) is 4.11. The van der Waals surface area contributed by atoms with Crippen LogP contribution in [0.4, 0.5) is 0 Å². The van der Waals surface area contributed by atoms with Crippen LogP contribution >= 0.6 is 24.0 Å². The lowest BCUT2D eigenvalue weighted by Gasteiger charge is -2.36. The molecule has 0 amide bonds. The Balaban J connectivity index is 0.00000450. The van der Waals surface area contributed by atoms with E-state index < -0.39 is 0 Å². The largest absolute Gasteiger partial charge is 0.381 e. The summed E-state index contributed by atoms with van der Waals surface area (Å²) in [6.45, 7) is 15.6. The zero-order valence-electron chi connectivity index (χ0n) is 19.5. The molecule has 1 aromatic rings. The van der Waals surface area contributed by atoms with Gasteiger partial charge >= 0.3 is 0 Å². The molecule has 5 nitrogen and oxygen atoms in total. The van der Waals surface area contributed by atoms with Crippen molar-refractivity contribution in [2.24, 2.45) is 4.99 Å². The first-order chi connectivity index (χ1) is 14.1. The van der Waals surface area contributed by atoms with Crippen molar-refractivity contribution in [3.05, 3.63) is 35.9 Å². The van der Waals surface area contributed by atoms with Crippen molar-refractivity contribution in [2.45, 2.75) is 64.8 Å². The second-order valence-corrected chi connectivity index (χ2v) is 8.17. The number of hydrogen-bond acceptors (Lipinski definition) is 3. The fourth-order valence-electron chi connectivity index (χ4n) is 4.11. The molecule has 30 heavy (non-hydrogen) atoms. The summed E-state index contributed by atoms with van der Waals surface area (Å²) >= 11 is 0. The predicted octanol–water partition coefficient (Wildman–Crippen LogP) is 4.42. The zero-order valence-corrected chi connectivity index (χ0v) is 21.8. The molecule has 2 rings (SSSR count). The standard InChI is InChI=1S/C24H42N4O.HI/c1-5-25-23(27-21(4)12-11-17-28(6-2)7-3)26-20-24(15-18-29-19-16-24)22-13-9-8-10-14-22;/h8-10,13-14,21H,5-7,11-12,15-20H2,1-4H3,(H2,25,26,27);1H. The molecule has 172 valence electrons. The van der Waals surface area contributed by atoms with E-state index in [1.165, 1.54) is 18.5 Å². The van der Waals surface area contributed by atoms with Crippen LogP contribution in [0.1, 0.15) is 58.9 Å². The third kappa shape index (κ3) is 8.71. The highest BCUT2D eigenvalue weighted by molar-refractivity contribution is 14.0. The van der Waals surface area contributed by atoms with Gasteiger partial charge in [-0.1, -0.05) is 44.2 Å². The van der Waals surface area contributed by atoms with Crippen molar-refractivity contribution in [1.29, 1.82) is 0 Å². The van der Waals surface area contributed by atoms with Crippen molar-refractivity contribution in [2.75, 3.05) is 45.9 Å². The number of halogens is 1. The van der Waals surface area contributed by atoms with Crippen molar-refractivity contribution >= 4 is 29.9 Å². The third-order valence-corrected chi connectivity index (χ3v) is 6.11. The lowest BCUT2D eigenvalue weighted by Crippen LogP contribution is -2.44. The molecule has 1 heterocycles. The van der Waals surface area contributed by atoms with E-state index in [4.69, 9.17) is 9.73 Å². The molecule has 1 aliphatic rings. The van der Waals surface area contributed by atoms with Crippen LogP contribution in [0.5, 0.6) is 0 Å². The Labute approximate surface area is 201 Å². The highest BCUT2D eigenvalue weighted by atomic mass is 127. The molecule has 1 aliphatic heterocycles. The Morgan fingerprint density at radius 2 is 1.80 bits per heavy atom. The number of hydrogen-bond donors (Lipinski definition) is 2. The second kappa shape index (κ2) is 15.0. The summed E-state index contributed by atoms with van der Waals surface area (Å²) in [4.78, 5) is 7.52. The van der Waals surface area contributed by atoms with E-state index >= 15 is 0 Å². The van der Waals surface area contributed by atoms with Crippen LogP contribution in [-0.4, -0.2) is 62.8 Å². The molecule has 0 spiro atoms. The fraction of sp³-hybridized carbons (Fsp3) is 0.708. The maximum Gasteiger partial charge on any atom is 0.191 e. The van der Waals surface area contributed by atoms with Crippen LogP contribution in [0.2, 0.25) is 0 Å². The Morgan fingerprint density at radius 1 is 1.13 bits per heavy atom. The minimum Gasteiger partial charge on any atom is -0.381 e. The molecule has 1 unspecified atom stereocenters. The molecular weight excluding hydrogens is 487 g/mol. The number of nitrogens with zero attached hydrogens (tertiary/aromatic N) is 2. The molecular formula is C24H43IN4O. The highest BCUT2D eigenvalue weighted by Crippen LogP contribution is 2.35. The van der Waals surface area contributed by atoms with E-state index in [2.05, 4.69) is 73.6 Å². The Kier molecular flexibility index (Phi) is 13.6. The molecule has 0 bridgehead atoms. The first kappa shape index (κ1) is 27.2. The van der Waals surface area contributed by atoms with Gasteiger partial charge in [0.05, 0.1) is 6.54 Å². The van der Waals surface area contributed by atoms with Crippen molar-refractivity contribution < 1.29 is 4.74 Å². The number of ether oxygens (including phenoxy) is 1. The normalized spacial score (nSPS) is 17.3. The second-order valence-electron chi connectivity index (χ2n) is 8.17. The molecule has 6 heteroatoms. The summed E-state index contributed by atoms with van der Waals surface area (Å²) in [6, 6.07) is 11.3. The molecule has 1 atom stereocenters. The maximum atomic E-state index is 5.66. The first-order valence-electron chi connectivity index (χ1n) is 11.5. The van der Waals surface area contributed by atoms with Crippen LogP contribution in [0.25, 0.3) is 0 Å². The average Bonchev–Trinajstić information content (AvgIpc) is 2.76. The maximum absolute atomic E-state index is 5.66. The quantitative estimate of drug-likeness (QED) is 0.253. The van der Waals surface area contributed by atoms with Gasteiger partial charge in [-0.15, -0.1) is 24.0 Å². The summed E-state index contributed by atoms with van der Waals surface area (Å²) < 4.78 is 5.66. The van der Waals surface area contributed by atoms with Gasteiger partial charge in [0.25, 0.3) is 0 Å². The smallest absolute Gasteiger partial charge is 0.191 e. The Hall–Kier alpha value is -0.860. The lowest BCUT2D eigenvalue weighted by molar-refractivity contribution is 0.0531. The summed E-state index contributed by atoms with van der Waals surface area (Å²) in [5, 5.41) is 7.07. The SMILES string of the molecule is CCNC(=NCC1(c2ccccc2)CCOCC1)NC(C)CCCN(CC)CC.I. The zero-order chi connectivity index (χ0) is 21.0. The summed E-state index contributed by atoms with van der Waals surface area (Å²) in [5.41, 5.74) is 1.46. The Morgan fingerprint density at radius 3 is 2.40 bits per heavy atom. The van der Waals surface area contributed by atoms with Crippen LogP contribution in [0.15, 0.2) is 35.3 Å². The molecule has 1 saturated heterocycles. The molecule has 2 N–H and O–H groups in total. The summed E-state index contributed by atoms with van der Waals surface area (Å²) in [7, 11) is 0. The van der Waals surface area contributed by atoms with E-state index in [-0.39, 0.29) is 29.4 Å². The topological polar surface area (TPSA) is 48.9 Å². The van der Waals surface area contributed by atoms with Gasteiger partial charge in [-0.2, -0.15) is 0 Å². The minimum absolute atomic E-state index is 0. The van der Waals surface area contributed by atoms with Crippen LogP contribution in [0.3, 0.4) is 0 Å². The van der Waals surface area contributed by atoms with Crippen molar-refractivity contribution in [3.63, 3.8) is 0 Å². The van der Waals surface area contributed by atoms with Gasteiger partial charge in [0.2, 0.25) is 0 Å². The molecule has 0 aliphatic carbocycles. The van der Waals surface area contributed by atoms with Gasteiger partial charge in [-0.25, -0.2) is 0 Å². The molecule has 1 aromatic carbocycles. The average molecular weight is 531 g/mol. The van der Waals surface area contributed by atoms with Gasteiger partial charge in [-0.3, -0.25) is 4.99 Å². The van der Waals surface area contributed by atoms with Crippen LogP contribution < -0.4 is 10.6 Å². The number of benzene rings is 1.